The first-order chi connectivity index (χ1) is 10.2. The SMILES string of the molecule is COc1ccc(C)cc1C(=O)c1cccc2ccncc12. The van der Waals surface area contributed by atoms with Crippen LogP contribution in [0.15, 0.2) is 54.9 Å². The summed E-state index contributed by atoms with van der Waals surface area (Å²) in [5.74, 6) is 0.542. The van der Waals surface area contributed by atoms with Gasteiger partial charge in [-0.25, -0.2) is 0 Å². The topological polar surface area (TPSA) is 39.2 Å². The van der Waals surface area contributed by atoms with Crippen molar-refractivity contribution in [3.8, 4) is 5.75 Å². The van der Waals surface area contributed by atoms with Gasteiger partial charge in [0.1, 0.15) is 5.75 Å². The summed E-state index contributed by atoms with van der Waals surface area (Å²) in [5, 5.41) is 1.86. The summed E-state index contributed by atoms with van der Waals surface area (Å²) in [6, 6.07) is 13.2. The number of carbonyl (C=O) groups excluding carboxylic acids is 1. The van der Waals surface area contributed by atoms with Gasteiger partial charge in [-0.3, -0.25) is 9.78 Å². The Bertz CT molecular complexity index is 819. The molecule has 0 unspecified atom stereocenters. The summed E-state index contributed by atoms with van der Waals surface area (Å²) in [6.45, 7) is 1.96. The number of hydrogen-bond donors (Lipinski definition) is 0. The fraction of sp³-hybridized carbons (Fsp3) is 0.111. The van der Waals surface area contributed by atoms with E-state index in [0.717, 1.165) is 16.3 Å². The van der Waals surface area contributed by atoms with Crippen molar-refractivity contribution in [2.24, 2.45) is 0 Å². The lowest BCUT2D eigenvalue weighted by atomic mass is 9.97. The van der Waals surface area contributed by atoms with Gasteiger partial charge in [0.25, 0.3) is 0 Å². The van der Waals surface area contributed by atoms with Crippen LogP contribution in [0.2, 0.25) is 0 Å². The molecule has 1 heterocycles. The highest BCUT2D eigenvalue weighted by molar-refractivity contribution is 6.17. The van der Waals surface area contributed by atoms with Gasteiger partial charge in [-0.1, -0.05) is 29.8 Å². The molecule has 0 saturated heterocycles. The van der Waals surface area contributed by atoms with E-state index in [2.05, 4.69) is 4.98 Å². The smallest absolute Gasteiger partial charge is 0.197 e. The van der Waals surface area contributed by atoms with Crippen LogP contribution in [-0.2, 0) is 0 Å². The van der Waals surface area contributed by atoms with Crippen LogP contribution >= 0.6 is 0 Å². The first kappa shape index (κ1) is 13.3. The molecule has 0 bridgehead atoms. The lowest BCUT2D eigenvalue weighted by Crippen LogP contribution is -2.05. The summed E-state index contributed by atoms with van der Waals surface area (Å²) in [7, 11) is 1.58. The lowest BCUT2D eigenvalue weighted by Gasteiger charge is -2.10. The number of carbonyl (C=O) groups is 1. The molecule has 0 saturated carbocycles. The maximum absolute atomic E-state index is 12.9. The Labute approximate surface area is 123 Å². The van der Waals surface area contributed by atoms with Crippen molar-refractivity contribution in [2.45, 2.75) is 6.92 Å². The number of hydrogen-bond acceptors (Lipinski definition) is 3. The molecule has 3 nitrogen and oxygen atoms in total. The number of ether oxygens (including phenoxy) is 1. The highest BCUT2D eigenvalue weighted by Gasteiger charge is 2.17. The number of pyridine rings is 1. The third-order valence-corrected chi connectivity index (χ3v) is 3.53. The zero-order chi connectivity index (χ0) is 14.8. The van der Waals surface area contributed by atoms with E-state index in [0.29, 0.717) is 16.9 Å². The minimum absolute atomic E-state index is 0.0471. The van der Waals surface area contributed by atoms with Crippen LogP contribution in [0, 0.1) is 6.92 Å². The second kappa shape index (κ2) is 5.37. The molecule has 0 aliphatic heterocycles. The average Bonchev–Trinajstić information content (AvgIpc) is 2.53. The van der Waals surface area contributed by atoms with E-state index < -0.39 is 0 Å². The minimum atomic E-state index is -0.0471. The second-order valence-corrected chi connectivity index (χ2v) is 4.94. The zero-order valence-electron chi connectivity index (χ0n) is 12.0. The molecule has 0 atom stereocenters. The molecule has 0 aliphatic rings. The molecule has 0 fully saturated rings. The lowest BCUT2D eigenvalue weighted by molar-refractivity contribution is 0.103. The van der Waals surface area contributed by atoms with Crippen molar-refractivity contribution in [1.82, 2.24) is 4.98 Å². The fourth-order valence-electron chi connectivity index (χ4n) is 2.46. The predicted octanol–water partition coefficient (Wildman–Crippen LogP) is 3.78. The van der Waals surface area contributed by atoms with Gasteiger partial charge in [0, 0.05) is 23.3 Å². The van der Waals surface area contributed by atoms with Gasteiger partial charge in [-0.15, -0.1) is 0 Å². The van der Waals surface area contributed by atoms with E-state index in [9.17, 15) is 4.79 Å². The van der Waals surface area contributed by atoms with Crippen LogP contribution in [0.3, 0.4) is 0 Å². The Morgan fingerprint density at radius 3 is 2.76 bits per heavy atom. The Morgan fingerprint density at radius 1 is 1.10 bits per heavy atom. The van der Waals surface area contributed by atoms with Crippen LogP contribution in [0.5, 0.6) is 5.75 Å². The van der Waals surface area contributed by atoms with Crippen molar-refractivity contribution in [2.75, 3.05) is 7.11 Å². The van der Waals surface area contributed by atoms with Gasteiger partial charge >= 0.3 is 0 Å². The molecule has 21 heavy (non-hydrogen) atoms. The third-order valence-electron chi connectivity index (χ3n) is 3.53. The largest absolute Gasteiger partial charge is 0.496 e. The number of nitrogens with zero attached hydrogens (tertiary/aromatic N) is 1. The monoisotopic (exact) mass is 277 g/mol. The van der Waals surface area contributed by atoms with Crippen molar-refractivity contribution < 1.29 is 9.53 Å². The van der Waals surface area contributed by atoms with Crippen molar-refractivity contribution in [3.63, 3.8) is 0 Å². The Kier molecular flexibility index (Phi) is 3.40. The fourth-order valence-corrected chi connectivity index (χ4v) is 2.46. The van der Waals surface area contributed by atoms with Crippen LogP contribution < -0.4 is 4.74 Å². The number of ketones is 1. The number of methoxy groups -OCH3 is 1. The zero-order valence-corrected chi connectivity index (χ0v) is 12.0. The molecule has 3 heteroatoms. The summed E-state index contributed by atoms with van der Waals surface area (Å²) >= 11 is 0. The first-order valence-corrected chi connectivity index (χ1v) is 6.73. The Morgan fingerprint density at radius 2 is 1.95 bits per heavy atom. The Balaban J connectivity index is 2.20. The number of aromatic nitrogens is 1. The van der Waals surface area contributed by atoms with E-state index in [1.807, 2.05) is 49.4 Å². The van der Waals surface area contributed by atoms with Crippen molar-refractivity contribution >= 4 is 16.6 Å². The molecule has 2 aromatic carbocycles. The van der Waals surface area contributed by atoms with E-state index in [1.54, 1.807) is 19.5 Å². The van der Waals surface area contributed by atoms with Crippen molar-refractivity contribution in [3.05, 3.63) is 71.5 Å². The summed E-state index contributed by atoms with van der Waals surface area (Å²) in [4.78, 5) is 17.0. The summed E-state index contributed by atoms with van der Waals surface area (Å²) in [6.07, 6.45) is 3.45. The van der Waals surface area contributed by atoms with Gasteiger partial charge < -0.3 is 4.74 Å². The number of aryl methyl sites for hydroxylation is 1. The van der Waals surface area contributed by atoms with Gasteiger partial charge in [0.05, 0.1) is 12.7 Å². The molecule has 104 valence electrons. The number of rotatable bonds is 3. The summed E-state index contributed by atoms with van der Waals surface area (Å²) in [5.41, 5.74) is 2.25. The molecule has 0 spiro atoms. The van der Waals surface area contributed by atoms with Crippen LogP contribution in [0.1, 0.15) is 21.5 Å². The molecule has 3 aromatic rings. The maximum atomic E-state index is 12.9. The predicted molar refractivity (Wildman–Crippen MR) is 82.9 cm³/mol. The number of fused-ring (bicyclic) bond motifs is 1. The quantitative estimate of drug-likeness (QED) is 0.684. The Hall–Kier alpha value is -2.68. The molecule has 0 amide bonds. The highest BCUT2D eigenvalue weighted by Crippen LogP contribution is 2.26. The van der Waals surface area contributed by atoms with Gasteiger partial charge in [0.2, 0.25) is 0 Å². The summed E-state index contributed by atoms with van der Waals surface area (Å²) < 4.78 is 5.32. The molecule has 1 aromatic heterocycles. The number of benzene rings is 2. The normalized spacial score (nSPS) is 10.6. The first-order valence-electron chi connectivity index (χ1n) is 6.73. The van der Waals surface area contributed by atoms with Crippen LogP contribution in [0.25, 0.3) is 10.8 Å². The van der Waals surface area contributed by atoms with Crippen molar-refractivity contribution in [1.29, 1.82) is 0 Å². The maximum Gasteiger partial charge on any atom is 0.197 e. The van der Waals surface area contributed by atoms with Gasteiger partial charge in [0.15, 0.2) is 5.78 Å². The molecule has 3 rings (SSSR count). The van der Waals surface area contributed by atoms with Crippen LogP contribution in [0.4, 0.5) is 0 Å². The molecule has 0 N–H and O–H groups in total. The van der Waals surface area contributed by atoms with Gasteiger partial charge in [-0.2, -0.15) is 0 Å². The van der Waals surface area contributed by atoms with E-state index >= 15 is 0 Å². The molecular formula is C18H15NO2. The highest BCUT2D eigenvalue weighted by atomic mass is 16.5. The van der Waals surface area contributed by atoms with Crippen LogP contribution in [-0.4, -0.2) is 17.9 Å². The third kappa shape index (κ3) is 2.38. The average molecular weight is 277 g/mol. The van der Waals surface area contributed by atoms with E-state index in [-0.39, 0.29) is 5.78 Å². The molecule has 0 radical (unpaired) electrons. The van der Waals surface area contributed by atoms with Gasteiger partial charge in [-0.05, 0) is 30.5 Å². The van der Waals surface area contributed by atoms with E-state index in [4.69, 9.17) is 4.74 Å². The minimum Gasteiger partial charge on any atom is -0.496 e. The molecule has 0 aliphatic carbocycles. The van der Waals surface area contributed by atoms with E-state index in [1.165, 1.54) is 0 Å². The second-order valence-electron chi connectivity index (χ2n) is 4.94. The standard InChI is InChI=1S/C18H15NO2/c1-12-6-7-17(21-2)15(10-12)18(20)14-5-3-4-13-8-9-19-11-16(13)14/h3-11H,1-2H3. The molecular weight excluding hydrogens is 262 g/mol.